The van der Waals surface area contributed by atoms with E-state index in [1.165, 1.54) is 31.7 Å². The first kappa shape index (κ1) is 30.7. The lowest BCUT2D eigenvalue weighted by Crippen LogP contribution is -2.34. The van der Waals surface area contributed by atoms with Crippen LogP contribution >= 0.6 is 0 Å². The number of carbonyl (C=O) groups is 3. The quantitative estimate of drug-likeness (QED) is 0.102. The molecule has 214 valence electrons. The van der Waals surface area contributed by atoms with Crippen molar-refractivity contribution >= 4 is 40.3 Å². The minimum atomic E-state index is -0.562. The third kappa shape index (κ3) is 8.58. The number of amidine groups is 1. The van der Waals surface area contributed by atoms with Crippen molar-refractivity contribution < 1.29 is 23.5 Å². The number of ether oxygens (including phenoxy) is 1. The van der Waals surface area contributed by atoms with Gasteiger partial charge < -0.3 is 20.4 Å². The molecule has 9 nitrogen and oxygen atoms in total. The van der Waals surface area contributed by atoms with Crippen LogP contribution in [0.25, 0.3) is 10.9 Å². The maximum atomic E-state index is 13.9. The Morgan fingerprint density at radius 2 is 1.59 bits per heavy atom. The monoisotopic (exact) mass is 560 g/mol. The number of quaternary nitrogens is 1. The van der Waals surface area contributed by atoms with Crippen molar-refractivity contribution in [3.05, 3.63) is 101 Å². The predicted molar refractivity (Wildman–Crippen MR) is 158 cm³/mol. The molecule has 41 heavy (non-hydrogen) atoms. The summed E-state index contributed by atoms with van der Waals surface area (Å²) in [4.78, 5) is 32.8. The third-order valence-corrected chi connectivity index (χ3v) is 6.13. The van der Waals surface area contributed by atoms with Crippen LogP contribution < -0.4 is 15.5 Å². The minimum absolute atomic E-state index is 0.0180. The van der Waals surface area contributed by atoms with Crippen molar-refractivity contribution in [2.45, 2.75) is 26.9 Å². The molecule has 0 saturated carbocycles. The Morgan fingerprint density at radius 3 is 2.15 bits per heavy atom. The Hall–Kier alpha value is -4.83. The summed E-state index contributed by atoms with van der Waals surface area (Å²) in [5.74, 6) is -1.74. The lowest BCUT2D eigenvalue weighted by molar-refractivity contribution is -0.156. The van der Waals surface area contributed by atoms with E-state index in [1.54, 1.807) is 18.2 Å². The summed E-state index contributed by atoms with van der Waals surface area (Å²) in [5.41, 5.74) is 10.5. The first-order chi connectivity index (χ1) is 19.2. The molecular formula is C31H35FN5O4+. The molecule has 0 spiro atoms. The number of esters is 2. The molecule has 10 heteroatoms. The third-order valence-electron chi connectivity index (χ3n) is 6.13. The molecule has 0 aliphatic carbocycles. The van der Waals surface area contributed by atoms with Crippen molar-refractivity contribution in [3.63, 3.8) is 0 Å². The van der Waals surface area contributed by atoms with E-state index in [4.69, 9.17) is 11.1 Å². The predicted octanol–water partition coefficient (Wildman–Crippen LogP) is 4.34. The average Bonchev–Trinajstić information content (AvgIpc) is 3.24. The van der Waals surface area contributed by atoms with Gasteiger partial charge in [0.1, 0.15) is 23.0 Å². The number of nitrogens with zero attached hydrogens (tertiary/aromatic N) is 2. The first-order valence-electron chi connectivity index (χ1n) is 12.8. The van der Waals surface area contributed by atoms with Crippen molar-refractivity contribution in [1.29, 1.82) is 5.41 Å². The Bertz CT molecular complexity index is 1570. The van der Waals surface area contributed by atoms with Gasteiger partial charge in [-0.05, 0) is 53.6 Å². The van der Waals surface area contributed by atoms with Crippen LogP contribution in [0.1, 0.15) is 41.0 Å². The zero-order valence-electron chi connectivity index (χ0n) is 23.8. The maximum Gasteiger partial charge on any atom is 0.310 e. The van der Waals surface area contributed by atoms with E-state index in [2.05, 4.69) is 43.3 Å². The fraction of sp³-hybridized carbons (Fsp3) is 0.226. The van der Waals surface area contributed by atoms with Crippen LogP contribution in [0.15, 0.2) is 72.8 Å². The van der Waals surface area contributed by atoms with Crippen molar-refractivity contribution in [2.75, 3.05) is 21.1 Å². The van der Waals surface area contributed by atoms with Crippen LogP contribution in [-0.4, -0.2) is 49.4 Å². The van der Waals surface area contributed by atoms with Gasteiger partial charge in [0.2, 0.25) is 0 Å². The topological polar surface area (TPSA) is 127 Å². The van der Waals surface area contributed by atoms with E-state index in [-0.39, 0.29) is 17.6 Å². The molecule has 0 aliphatic heterocycles. The zero-order valence-corrected chi connectivity index (χ0v) is 23.8. The number of hydrogen-bond acceptors (Lipinski definition) is 5. The molecule has 0 bridgehead atoms. The molecule has 1 amide bonds. The number of halogens is 1. The molecule has 4 rings (SSSR count). The highest BCUT2D eigenvalue weighted by molar-refractivity contribution is 5.99. The highest BCUT2D eigenvalue weighted by atomic mass is 19.1. The van der Waals surface area contributed by atoms with Gasteiger partial charge in [0.15, 0.2) is 0 Å². The highest BCUT2D eigenvalue weighted by Crippen LogP contribution is 2.23. The molecule has 1 heterocycles. The molecule has 0 fully saturated rings. The summed E-state index contributed by atoms with van der Waals surface area (Å²) in [6.45, 7) is 3.13. The molecule has 3 aromatic carbocycles. The van der Waals surface area contributed by atoms with E-state index >= 15 is 0 Å². The SMILES string of the molecule is CC(=O)OC(C)=O.C[N+](C)(C)c1ccc(CNC(=O)c2cc3cc(F)ccc3n2Cc2cccc(C(=N)N)c2)cc1. The molecule has 4 aromatic rings. The van der Waals surface area contributed by atoms with E-state index in [0.29, 0.717) is 34.2 Å². The average molecular weight is 561 g/mol. The standard InChI is InChI=1S/C27H28FN5O.C4H6O3/c1-33(2,3)23-10-7-18(8-11-23)16-31-27(34)25-15-21-14-22(28)9-12-24(21)32(25)17-19-5-4-6-20(13-19)26(29)30;1-3(5)7-4(2)6/h4-15H,16-17H2,1-3H3,(H3-,29,30,31,34);1-2H3/p+1. The van der Waals surface area contributed by atoms with Crippen LogP contribution in [0.4, 0.5) is 10.1 Å². The Labute approximate surface area is 238 Å². The van der Waals surface area contributed by atoms with Crippen LogP contribution in [0.2, 0.25) is 0 Å². The van der Waals surface area contributed by atoms with Crippen LogP contribution in [0.3, 0.4) is 0 Å². The van der Waals surface area contributed by atoms with Gasteiger partial charge in [-0.3, -0.25) is 24.3 Å². The number of nitrogens with two attached hydrogens (primary N) is 1. The summed E-state index contributed by atoms with van der Waals surface area (Å²) in [7, 11) is 6.31. The van der Waals surface area contributed by atoms with Crippen LogP contribution in [0.5, 0.6) is 0 Å². The summed E-state index contributed by atoms with van der Waals surface area (Å²) in [6.07, 6.45) is 0. The molecule has 0 atom stereocenters. The lowest BCUT2D eigenvalue weighted by Gasteiger charge is -2.23. The number of hydrogen-bond donors (Lipinski definition) is 3. The van der Waals surface area contributed by atoms with Gasteiger partial charge in [0.25, 0.3) is 5.91 Å². The number of rotatable bonds is 7. The largest absolute Gasteiger partial charge is 0.394 e. The minimum Gasteiger partial charge on any atom is -0.394 e. The molecule has 1 aromatic heterocycles. The van der Waals surface area contributed by atoms with Gasteiger partial charge in [-0.2, -0.15) is 0 Å². The van der Waals surface area contributed by atoms with Crippen molar-refractivity contribution in [1.82, 2.24) is 14.4 Å². The summed E-state index contributed by atoms with van der Waals surface area (Å²) in [6, 6.07) is 21.7. The number of nitrogens with one attached hydrogen (secondary N) is 2. The Morgan fingerprint density at radius 1 is 0.927 bits per heavy atom. The Kier molecular flexibility index (Phi) is 9.75. The number of aromatic nitrogens is 1. The smallest absolute Gasteiger partial charge is 0.310 e. The second-order valence-corrected chi connectivity index (χ2v) is 10.4. The summed E-state index contributed by atoms with van der Waals surface area (Å²) >= 11 is 0. The van der Waals surface area contributed by atoms with E-state index < -0.39 is 11.9 Å². The number of benzene rings is 3. The highest BCUT2D eigenvalue weighted by Gasteiger charge is 2.17. The van der Waals surface area contributed by atoms with Crippen molar-refractivity contribution in [2.24, 2.45) is 5.73 Å². The molecule has 0 aliphatic rings. The number of carbonyl (C=O) groups excluding carboxylic acids is 3. The van der Waals surface area contributed by atoms with Crippen LogP contribution in [0, 0.1) is 11.2 Å². The van der Waals surface area contributed by atoms with Gasteiger partial charge in [0, 0.05) is 43.4 Å². The normalized spacial score (nSPS) is 10.9. The molecule has 0 unspecified atom stereocenters. The Balaban J connectivity index is 0.000000587. The molecule has 0 saturated heterocycles. The molecule has 4 N–H and O–H groups in total. The van der Waals surface area contributed by atoms with E-state index in [0.717, 1.165) is 16.6 Å². The van der Waals surface area contributed by atoms with E-state index in [1.807, 2.05) is 34.9 Å². The second-order valence-electron chi connectivity index (χ2n) is 10.4. The zero-order chi connectivity index (χ0) is 30.3. The molecular weight excluding hydrogens is 525 g/mol. The van der Waals surface area contributed by atoms with Gasteiger partial charge in [-0.1, -0.05) is 30.3 Å². The van der Waals surface area contributed by atoms with E-state index in [9.17, 15) is 18.8 Å². The van der Waals surface area contributed by atoms with Gasteiger partial charge >= 0.3 is 11.9 Å². The fourth-order valence-electron chi connectivity index (χ4n) is 4.16. The van der Waals surface area contributed by atoms with Crippen LogP contribution in [-0.2, 0) is 27.4 Å². The second kappa shape index (κ2) is 13.0. The number of nitrogen functional groups attached to an aromatic ring is 1. The van der Waals surface area contributed by atoms with Gasteiger partial charge in [0.05, 0.1) is 21.1 Å². The summed E-state index contributed by atoms with van der Waals surface area (Å²) < 4.78 is 20.4. The summed E-state index contributed by atoms with van der Waals surface area (Å²) in [5, 5.41) is 11.3. The van der Waals surface area contributed by atoms with Gasteiger partial charge in [-0.25, -0.2) is 4.39 Å². The molecule has 0 radical (unpaired) electrons. The lowest BCUT2D eigenvalue weighted by atomic mass is 10.1. The van der Waals surface area contributed by atoms with Crippen molar-refractivity contribution in [3.8, 4) is 0 Å². The van der Waals surface area contributed by atoms with Gasteiger partial charge in [-0.15, -0.1) is 0 Å². The first-order valence-corrected chi connectivity index (χ1v) is 12.8. The fourth-order valence-corrected chi connectivity index (χ4v) is 4.16. The maximum absolute atomic E-state index is 13.9. The number of amides is 1. The number of fused-ring (bicyclic) bond motifs is 1.